The molecule has 1 rings (SSSR count). The summed E-state index contributed by atoms with van der Waals surface area (Å²) in [5, 5.41) is 0. The van der Waals surface area contributed by atoms with Gasteiger partial charge < -0.3 is 11.5 Å². The summed E-state index contributed by atoms with van der Waals surface area (Å²) in [4.78, 5) is 3.39. The van der Waals surface area contributed by atoms with Gasteiger partial charge in [-0.15, -0.1) is 0 Å². The fraction of sp³-hybridized carbons (Fsp3) is 0.286. The van der Waals surface area contributed by atoms with Crippen molar-refractivity contribution in [2.24, 2.45) is 11.5 Å². The van der Waals surface area contributed by atoms with E-state index in [4.69, 9.17) is 11.5 Å². The van der Waals surface area contributed by atoms with Crippen LogP contribution in [0.3, 0.4) is 0 Å². The monoisotopic (exact) mass is 155 g/mol. The van der Waals surface area contributed by atoms with Gasteiger partial charge in [-0.25, -0.2) is 4.98 Å². The highest BCUT2D eigenvalue weighted by molar-refractivity contribution is 5.15. The van der Waals surface area contributed by atoms with Crippen LogP contribution in [0, 0.1) is 5.95 Å². The Balaban J connectivity index is 2.86. The van der Waals surface area contributed by atoms with Crippen molar-refractivity contribution < 1.29 is 4.39 Å². The molecule has 1 aromatic rings. The number of hydrogen-bond acceptors (Lipinski definition) is 3. The molecule has 0 fully saturated rings. The molecule has 0 aromatic carbocycles. The molecule has 1 atom stereocenters. The molecule has 60 valence electrons. The van der Waals surface area contributed by atoms with Gasteiger partial charge in [0, 0.05) is 18.8 Å². The Kier molecular flexibility index (Phi) is 2.51. The quantitative estimate of drug-likeness (QED) is 0.599. The number of aromatic nitrogens is 1. The zero-order valence-corrected chi connectivity index (χ0v) is 6.00. The van der Waals surface area contributed by atoms with Gasteiger partial charge in [-0.2, -0.15) is 4.39 Å². The van der Waals surface area contributed by atoms with Gasteiger partial charge in [-0.3, -0.25) is 0 Å². The number of nitrogens with zero attached hydrogens (tertiary/aromatic N) is 1. The summed E-state index contributed by atoms with van der Waals surface area (Å²) in [6, 6.07) is 2.64. The largest absolute Gasteiger partial charge is 0.329 e. The molecule has 0 saturated heterocycles. The molecule has 0 aliphatic carbocycles. The van der Waals surface area contributed by atoms with Gasteiger partial charge in [0.25, 0.3) is 0 Å². The summed E-state index contributed by atoms with van der Waals surface area (Å²) in [5.41, 5.74) is 11.5. The first-order valence-electron chi connectivity index (χ1n) is 3.31. The van der Waals surface area contributed by atoms with E-state index < -0.39 is 5.95 Å². The van der Waals surface area contributed by atoms with E-state index in [1.54, 1.807) is 6.07 Å². The van der Waals surface area contributed by atoms with Crippen molar-refractivity contribution in [3.8, 4) is 0 Å². The lowest BCUT2D eigenvalue weighted by molar-refractivity contribution is 0.577. The summed E-state index contributed by atoms with van der Waals surface area (Å²) in [6.07, 6.45) is 1.38. The van der Waals surface area contributed by atoms with Crippen LogP contribution in [0.5, 0.6) is 0 Å². The average molecular weight is 155 g/mol. The fourth-order valence-electron chi connectivity index (χ4n) is 0.784. The van der Waals surface area contributed by atoms with Gasteiger partial charge in [0.15, 0.2) is 0 Å². The maximum atomic E-state index is 12.5. The Bertz CT molecular complexity index is 239. The molecule has 1 heterocycles. The third-order valence-electron chi connectivity index (χ3n) is 1.43. The molecule has 0 amide bonds. The highest BCUT2D eigenvalue weighted by Gasteiger charge is 2.03. The van der Waals surface area contributed by atoms with Crippen LogP contribution in [0.15, 0.2) is 18.3 Å². The second-order valence-electron chi connectivity index (χ2n) is 2.25. The third-order valence-corrected chi connectivity index (χ3v) is 1.43. The smallest absolute Gasteiger partial charge is 0.213 e. The van der Waals surface area contributed by atoms with Crippen molar-refractivity contribution in [1.82, 2.24) is 4.98 Å². The Morgan fingerprint density at radius 1 is 1.64 bits per heavy atom. The summed E-state index contributed by atoms with van der Waals surface area (Å²) in [6.45, 7) is 0.309. The first-order chi connectivity index (χ1) is 5.24. The molecule has 0 aliphatic rings. The highest BCUT2D eigenvalue weighted by atomic mass is 19.1. The normalized spacial score (nSPS) is 13.0. The molecule has 0 spiro atoms. The van der Waals surface area contributed by atoms with Crippen LogP contribution < -0.4 is 11.5 Å². The SMILES string of the molecule is NC[C@@H](N)c1ccnc(F)c1. The number of hydrogen-bond donors (Lipinski definition) is 2. The minimum absolute atomic E-state index is 0.299. The fourth-order valence-corrected chi connectivity index (χ4v) is 0.784. The van der Waals surface area contributed by atoms with Crippen LogP contribution in [0.4, 0.5) is 4.39 Å². The second kappa shape index (κ2) is 3.41. The number of halogens is 1. The molecule has 1 aromatic heterocycles. The van der Waals surface area contributed by atoms with Crippen LogP contribution >= 0.6 is 0 Å². The van der Waals surface area contributed by atoms with Crippen molar-refractivity contribution in [3.63, 3.8) is 0 Å². The van der Waals surface area contributed by atoms with E-state index in [-0.39, 0.29) is 6.04 Å². The van der Waals surface area contributed by atoms with Crippen molar-refractivity contribution >= 4 is 0 Å². The van der Waals surface area contributed by atoms with Crippen LogP contribution in [-0.4, -0.2) is 11.5 Å². The van der Waals surface area contributed by atoms with E-state index in [0.717, 1.165) is 0 Å². The van der Waals surface area contributed by atoms with E-state index in [1.165, 1.54) is 12.3 Å². The van der Waals surface area contributed by atoms with E-state index >= 15 is 0 Å². The molecule has 4 N–H and O–H groups in total. The molecule has 3 nitrogen and oxygen atoms in total. The molecular formula is C7H10FN3. The van der Waals surface area contributed by atoms with Gasteiger partial charge in [0.05, 0.1) is 0 Å². The maximum absolute atomic E-state index is 12.5. The highest BCUT2D eigenvalue weighted by Crippen LogP contribution is 2.07. The molecule has 0 radical (unpaired) electrons. The standard InChI is InChI=1S/C7H10FN3/c8-7-3-5(1-2-11-7)6(10)4-9/h1-3,6H,4,9-10H2/t6-/m1/s1. The molecule has 0 saturated carbocycles. The third kappa shape index (κ3) is 1.96. The van der Waals surface area contributed by atoms with Crippen molar-refractivity contribution in [2.75, 3.05) is 6.54 Å². The van der Waals surface area contributed by atoms with Gasteiger partial charge in [-0.05, 0) is 17.7 Å². The Morgan fingerprint density at radius 3 is 2.91 bits per heavy atom. The van der Waals surface area contributed by atoms with Crippen LogP contribution in [-0.2, 0) is 0 Å². The van der Waals surface area contributed by atoms with E-state index in [2.05, 4.69) is 4.98 Å². The molecule has 4 heteroatoms. The van der Waals surface area contributed by atoms with E-state index in [1.807, 2.05) is 0 Å². The lowest BCUT2D eigenvalue weighted by Crippen LogP contribution is -2.20. The van der Waals surface area contributed by atoms with Crippen molar-refractivity contribution in [1.29, 1.82) is 0 Å². The predicted octanol–water partition coefficient (Wildman–Crippen LogP) is 0.179. The summed E-state index contributed by atoms with van der Waals surface area (Å²) < 4.78 is 12.5. The Hall–Kier alpha value is -1.00. The number of nitrogens with two attached hydrogens (primary N) is 2. The molecule has 0 aliphatic heterocycles. The zero-order valence-electron chi connectivity index (χ0n) is 6.00. The van der Waals surface area contributed by atoms with Gasteiger partial charge in [-0.1, -0.05) is 0 Å². The van der Waals surface area contributed by atoms with Gasteiger partial charge in [0.2, 0.25) is 5.95 Å². The average Bonchev–Trinajstić information content (AvgIpc) is 2.03. The van der Waals surface area contributed by atoms with Crippen LogP contribution in [0.1, 0.15) is 11.6 Å². The predicted molar refractivity (Wildman–Crippen MR) is 40.2 cm³/mol. The first-order valence-corrected chi connectivity index (χ1v) is 3.31. The van der Waals surface area contributed by atoms with Crippen molar-refractivity contribution in [2.45, 2.75) is 6.04 Å². The van der Waals surface area contributed by atoms with E-state index in [9.17, 15) is 4.39 Å². The second-order valence-corrected chi connectivity index (χ2v) is 2.25. The molecule has 11 heavy (non-hydrogen) atoms. The maximum Gasteiger partial charge on any atom is 0.213 e. The Labute approximate surface area is 64.2 Å². The van der Waals surface area contributed by atoms with E-state index in [0.29, 0.717) is 12.1 Å². The summed E-state index contributed by atoms with van der Waals surface area (Å²) in [7, 11) is 0. The van der Waals surface area contributed by atoms with Crippen molar-refractivity contribution in [3.05, 3.63) is 29.8 Å². The van der Waals surface area contributed by atoms with Gasteiger partial charge in [0.1, 0.15) is 0 Å². The topological polar surface area (TPSA) is 64.9 Å². The molecular weight excluding hydrogens is 145 g/mol. The minimum Gasteiger partial charge on any atom is -0.329 e. The number of pyridine rings is 1. The van der Waals surface area contributed by atoms with Crippen LogP contribution in [0.2, 0.25) is 0 Å². The van der Waals surface area contributed by atoms with Gasteiger partial charge >= 0.3 is 0 Å². The number of rotatable bonds is 2. The summed E-state index contributed by atoms with van der Waals surface area (Å²) in [5.74, 6) is -0.522. The molecule has 0 bridgehead atoms. The molecule has 0 unspecified atom stereocenters. The Morgan fingerprint density at radius 2 is 2.36 bits per heavy atom. The zero-order chi connectivity index (χ0) is 8.27. The first kappa shape index (κ1) is 8.10. The lowest BCUT2D eigenvalue weighted by Gasteiger charge is -2.07. The summed E-state index contributed by atoms with van der Waals surface area (Å²) >= 11 is 0. The minimum atomic E-state index is -0.522. The van der Waals surface area contributed by atoms with Crippen LogP contribution in [0.25, 0.3) is 0 Å². The lowest BCUT2D eigenvalue weighted by atomic mass is 10.1.